The lowest BCUT2D eigenvalue weighted by Gasteiger charge is -2.17. The van der Waals surface area contributed by atoms with Gasteiger partial charge in [0.15, 0.2) is 11.5 Å². The van der Waals surface area contributed by atoms with Crippen molar-refractivity contribution in [3.05, 3.63) is 38.8 Å². The lowest BCUT2D eigenvalue weighted by molar-refractivity contribution is -0.122. The maximum Gasteiger partial charge on any atom is 0.293 e. The van der Waals surface area contributed by atoms with Crippen LogP contribution in [0.2, 0.25) is 0 Å². The molecule has 25 heavy (non-hydrogen) atoms. The quantitative estimate of drug-likeness (QED) is 0.327. The summed E-state index contributed by atoms with van der Waals surface area (Å²) in [6.07, 6.45) is 4.19. The number of thioether (sulfide) groups is 1. The minimum Gasteiger partial charge on any atom is -0.493 e. The van der Waals surface area contributed by atoms with Crippen LogP contribution in [0.5, 0.6) is 11.5 Å². The van der Waals surface area contributed by atoms with Gasteiger partial charge in [-0.05, 0) is 71.5 Å². The zero-order valence-corrected chi connectivity index (χ0v) is 17.3. The molecule has 1 atom stereocenters. The summed E-state index contributed by atoms with van der Waals surface area (Å²) in [7, 11) is 1.58. The summed E-state index contributed by atoms with van der Waals surface area (Å²) in [5.74, 6) is 0.988. The summed E-state index contributed by atoms with van der Waals surface area (Å²) in [5, 5.41) is -0.283. The van der Waals surface area contributed by atoms with E-state index in [1.54, 1.807) is 19.3 Å². The normalized spacial score (nSPS) is 17.1. The molecule has 5 nitrogen and oxygen atoms in total. The Morgan fingerprint density at radius 3 is 2.72 bits per heavy atom. The first-order valence-electron chi connectivity index (χ1n) is 7.81. The number of hydrogen-bond acceptors (Lipinski definition) is 5. The second-order valence-corrected chi connectivity index (χ2v) is 7.61. The van der Waals surface area contributed by atoms with Gasteiger partial charge >= 0.3 is 0 Å². The minimum atomic E-state index is -0.302. The minimum absolute atomic E-state index is 0.0728. The Bertz CT molecular complexity index is 732. The lowest BCUT2D eigenvalue weighted by atomic mass is 10.1. The van der Waals surface area contributed by atoms with E-state index in [-0.39, 0.29) is 23.8 Å². The van der Waals surface area contributed by atoms with Crippen LogP contribution in [0.25, 0.3) is 6.08 Å². The van der Waals surface area contributed by atoms with E-state index in [4.69, 9.17) is 9.47 Å². The Balaban J connectivity index is 2.35. The molecule has 1 aromatic rings. The van der Waals surface area contributed by atoms with Crippen molar-refractivity contribution in [3.63, 3.8) is 0 Å². The largest absolute Gasteiger partial charge is 0.493 e. The first-order valence-corrected chi connectivity index (χ1v) is 9.71. The maximum atomic E-state index is 12.3. The van der Waals surface area contributed by atoms with Crippen LogP contribution in [-0.4, -0.2) is 35.8 Å². The molecule has 0 bridgehead atoms. The zero-order chi connectivity index (χ0) is 18.6. The summed E-state index contributed by atoms with van der Waals surface area (Å²) in [6.45, 7) is 7.84. The highest BCUT2D eigenvalue weighted by molar-refractivity contribution is 14.1. The van der Waals surface area contributed by atoms with Crippen LogP contribution in [0.15, 0.2) is 29.7 Å². The summed E-state index contributed by atoms with van der Waals surface area (Å²) in [4.78, 5) is 25.8. The number of carbonyl (C=O) groups excluding carboxylic acids is 2. The molecular formula is C18H20INO4S. The Hall–Kier alpha value is -1.48. The van der Waals surface area contributed by atoms with E-state index in [0.717, 1.165) is 27.3 Å². The second-order valence-electron chi connectivity index (χ2n) is 5.45. The van der Waals surface area contributed by atoms with Crippen LogP contribution >= 0.6 is 34.4 Å². The molecule has 2 amide bonds. The van der Waals surface area contributed by atoms with Gasteiger partial charge in [-0.3, -0.25) is 14.5 Å². The van der Waals surface area contributed by atoms with Gasteiger partial charge in [-0.15, -0.1) is 6.58 Å². The molecule has 2 rings (SSSR count). The van der Waals surface area contributed by atoms with Crippen molar-refractivity contribution in [2.24, 2.45) is 0 Å². The number of rotatable bonds is 7. The number of benzene rings is 1. The Labute approximate surface area is 165 Å². The van der Waals surface area contributed by atoms with E-state index in [1.165, 1.54) is 11.0 Å². The fraction of sp³-hybridized carbons (Fsp3) is 0.333. The number of carbonyl (C=O) groups is 2. The average molecular weight is 473 g/mol. The van der Waals surface area contributed by atoms with Gasteiger partial charge in [0.25, 0.3) is 11.1 Å². The molecule has 1 aliphatic heterocycles. The molecule has 1 heterocycles. The average Bonchev–Trinajstić information content (AvgIpc) is 2.84. The van der Waals surface area contributed by atoms with Crippen LogP contribution in [0.1, 0.15) is 25.8 Å². The number of amides is 2. The third kappa shape index (κ3) is 4.58. The predicted molar refractivity (Wildman–Crippen MR) is 109 cm³/mol. The Morgan fingerprint density at radius 1 is 1.40 bits per heavy atom. The smallest absolute Gasteiger partial charge is 0.293 e. The van der Waals surface area contributed by atoms with Crippen molar-refractivity contribution in [3.8, 4) is 11.5 Å². The predicted octanol–water partition coefficient (Wildman–Crippen LogP) is 4.70. The van der Waals surface area contributed by atoms with Crippen molar-refractivity contribution >= 4 is 51.6 Å². The van der Waals surface area contributed by atoms with Gasteiger partial charge in [-0.25, -0.2) is 0 Å². The van der Waals surface area contributed by atoms with Crippen LogP contribution in [0.3, 0.4) is 0 Å². The number of methoxy groups -OCH3 is 1. The van der Waals surface area contributed by atoms with E-state index in [0.29, 0.717) is 16.4 Å². The van der Waals surface area contributed by atoms with E-state index in [2.05, 4.69) is 36.1 Å². The molecule has 0 radical (unpaired) electrons. The molecule has 7 heteroatoms. The molecule has 1 saturated heterocycles. The standard InChI is InChI=1S/C18H20INO4S/c1-5-7-20-17(21)15(25-18(20)22)10-12-8-13(19)16(14(9-12)23-4)24-11(3)6-2/h5,8-11H,1,6-7H2,2-4H3/b15-10+/t11-/m0/s1. The van der Waals surface area contributed by atoms with Crippen molar-refractivity contribution < 1.29 is 19.1 Å². The third-order valence-electron chi connectivity index (χ3n) is 3.63. The molecule has 0 aromatic heterocycles. The number of ether oxygens (including phenoxy) is 2. The van der Waals surface area contributed by atoms with Gasteiger partial charge in [0, 0.05) is 6.54 Å². The Kier molecular flexibility index (Phi) is 6.95. The first-order chi connectivity index (χ1) is 11.9. The maximum absolute atomic E-state index is 12.3. The molecule has 1 aliphatic rings. The van der Waals surface area contributed by atoms with Gasteiger partial charge in [0.1, 0.15) is 0 Å². The van der Waals surface area contributed by atoms with E-state index >= 15 is 0 Å². The van der Waals surface area contributed by atoms with E-state index in [9.17, 15) is 9.59 Å². The third-order valence-corrected chi connectivity index (χ3v) is 5.34. The SMILES string of the molecule is C=CCN1C(=O)S/C(=C/c2cc(I)c(O[C@@H](C)CC)c(OC)c2)C1=O. The summed E-state index contributed by atoms with van der Waals surface area (Å²) < 4.78 is 12.3. The summed E-state index contributed by atoms with van der Waals surface area (Å²) in [5.41, 5.74) is 0.779. The van der Waals surface area contributed by atoms with Crippen molar-refractivity contribution in [2.45, 2.75) is 26.4 Å². The summed E-state index contributed by atoms with van der Waals surface area (Å²) >= 11 is 3.11. The number of halogens is 1. The molecule has 0 N–H and O–H groups in total. The van der Waals surface area contributed by atoms with Gasteiger partial charge in [-0.1, -0.05) is 13.0 Å². The van der Waals surface area contributed by atoms with Gasteiger partial charge in [0.05, 0.1) is 21.7 Å². The number of hydrogen-bond donors (Lipinski definition) is 0. The van der Waals surface area contributed by atoms with Crippen molar-refractivity contribution in [1.29, 1.82) is 0 Å². The van der Waals surface area contributed by atoms with Crippen LogP contribution in [0, 0.1) is 3.57 Å². The topological polar surface area (TPSA) is 55.8 Å². The lowest BCUT2D eigenvalue weighted by Crippen LogP contribution is -2.27. The second kappa shape index (κ2) is 8.75. The highest BCUT2D eigenvalue weighted by atomic mass is 127. The van der Waals surface area contributed by atoms with Gasteiger partial charge in [-0.2, -0.15) is 0 Å². The van der Waals surface area contributed by atoms with E-state index < -0.39 is 0 Å². The summed E-state index contributed by atoms with van der Waals surface area (Å²) in [6, 6.07) is 3.71. The molecular weight excluding hydrogens is 453 g/mol. The van der Waals surface area contributed by atoms with Crippen LogP contribution < -0.4 is 9.47 Å². The van der Waals surface area contributed by atoms with Crippen molar-refractivity contribution in [1.82, 2.24) is 4.90 Å². The molecule has 0 aliphatic carbocycles. The van der Waals surface area contributed by atoms with E-state index in [1.807, 2.05) is 13.0 Å². The monoisotopic (exact) mass is 473 g/mol. The molecule has 0 saturated carbocycles. The van der Waals surface area contributed by atoms with Crippen molar-refractivity contribution in [2.75, 3.05) is 13.7 Å². The van der Waals surface area contributed by atoms with Gasteiger partial charge < -0.3 is 9.47 Å². The Morgan fingerprint density at radius 2 is 2.12 bits per heavy atom. The fourth-order valence-electron chi connectivity index (χ4n) is 2.16. The highest BCUT2D eigenvalue weighted by Crippen LogP contribution is 2.37. The molecule has 1 fully saturated rings. The molecule has 1 aromatic carbocycles. The highest BCUT2D eigenvalue weighted by Gasteiger charge is 2.34. The number of imide groups is 1. The molecule has 0 unspecified atom stereocenters. The first kappa shape index (κ1) is 19.8. The van der Waals surface area contributed by atoms with Crippen LogP contribution in [0.4, 0.5) is 4.79 Å². The molecule has 134 valence electrons. The van der Waals surface area contributed by atoms with Gasteiger partial charge in [0.2, 0.25) is 0 Å². The number of nitrogens with zero attached hydrogens (tertiary/aromatic N) is 1. The zero-order valence-electron chi connectivity index (χ0n) is 14.4. The molecule has 0 spiro atoms. The van der Waals surface area contributed by atoms with Crippen LogP contribution in [-0.2, 0) is 4.79 Å². The fourth-order valence-corrected chi connectivity index (χ4v) is 3.76.